The Morgan fingerprint density at radius 2 is 0.970 bits per heavy atom. The fourth-order valence-corrected chi connectivity index (χ4v) is 4.45. The van der Waals surface area contributed by atoms with E-state index >= 15 is 0 Å². The zero-order valence-electron chi connectivity index (χ0n) is 22.3. The Hall–Kier alpha value is -1.12. The van der Waals surface area contributed by atoms with Gasteiger partial charge in [-0.3, -0.25) is 9.59 Å². The summed E-state index contributed by atoms with van der Waals surface area (Å²) in [5, 5.41) is 9.46. The highest BCUT2D eigenvalue weighted by Crippen LogP contribution is 2.17. The first kappa shape index (κ1) is 31.9. The summed E-state index contributed by atoms with van der Waals surface area (Å²) in [7, 11) is 0. The second kappa shape index (κ2) is 25.5. The highest BCUT2D eigenvalue weighted by atomic mass is 16.4. The van der Waals surface area contributed by atoms with Crippen molar-refractivity contribution in [3.63, 3.8) is 0 Å². The van der Waals surface area contributed by atoms with Gasteiger partial charge in [-0.1, -0.05) is 129 Å². The molecule has 0 spiro atoms. The van der Waals surface area contributed by atoms with Gasteiger partial charge in [0.25, 0.3) is 0 Å². The van der Waals surface area contributed by atoms with E-state index in [4.69, 9.17) is 0 Å². The Morgan fingerprint density at radius 3 is 1.42 bits per heavy atom. The number of rotatable bonds is 26. The van der Waals surface area contributed by atoms with Crippen molar-refractivity contribution in [1.29, 1.82) is 0 Å². The van der Waals surface area contributed by atoms with E-state index in [1.54, 1.807) is 0 Å². The molecule has 0 aromatic heterocycles. The number of hydrogen-bond donors (Lipinski definition) is 1. The van der Waals surface area contributed by atoms with Crippen LogP contribution >= 0.6 is 0 Å². The Kier molecular flexibility index (Phi) is 24.6. The van der Waals surface area contributed by atoms with Crippen LogP contribution in [-0.2, 0) is 9.59 Å². The number of allylic oxidation sites excluding steroid dienone is 2. The molecule has 1 unspecified atom stereocenters. The lowest BCUT2D eigenvalue weighted by atomic mass is 9.93. The van der Waals surface area contributed by atoms with Gasteiger partial charge in [-0.15, -0.1) is 0 Å². The second-order valence-corrected chi connectivity index (χ2v) is 9.95. The lowest BCUT2D eigenvalue weighted by Gasteiger charge is -2.11. The molecule has 0 aliphatic rings. The summed E-state index contributed by atoms with van der Waals surface area (Å²) >= 11 is 0. The van der Waals surface area contributed by atoms with Crippen LogP contribution in [0.15, 0.2) is 12.2 Å². The molecule has 0 heterocycles. The summed E-state index contributed by atoms with van der Waals surface area (Å²) in [6.45, 7) is 4.49. The number of carboxylic acids is 1. The number of carboxylic acid groups (broad SMARTS) is 1. The Bertz CT molecular complexity index is 469. The van der Waals surface area contributed by atoms with Gasteiger partial charge in [0.05, 0.1) is 0 Å². The molecule has 194 valence electrons. The van der Waals surface area contributed by atoms with Crippen molar-refractivity contribution in [1.82, 2.24) is 0 Å². The van der Waals surface area contributed by atoms with Crippen molar-refractivity contribution in [3.05, 3.63) is 12.2 Å². The minimum atomic E-state index is -0.923. The number of carbonyl (C=O) groups excluding carboxylic acids is 1. The molecule has 0 aromatic carbocycles. The first-order valence-electron chi connectivity index (χ1n) is 14.5. The third-order valence-corrected chi connectivity index (χ3v) is 6.72. The first-order chi connectivity index (χ1) is 16.1. The van der Waals surface area contributed by atoms with Crippen LogP contribution in [0, 0.1) is 5.92 Å². The maximum absolute atomic E-state index is 12.4. The van der Waals surface area contributed by atoms with Crippen LogP contribution in [0.3, 0.4) is 0 Å². The van der Waals surface area contributed by atoms with E-state index in [9.17, 15) is 14.7 Å². The van der Waals surface area contributed by atoms with Crippen LogP contribution in [0.4, 0.5) is 0 Å². The number of Topliss-reactive ketones (excluding diaryl/α,β-unsaturated/α-hetero) is 1. The van der Waals surface area contributed by atoms with E-state index in [2.05, 4.69) is 26.0 Å². The normalized spacial score (nSPS) is 12.4. The molecule has 0 aromatic rings. The van der Waals surface area contributed by atoms with Crippen molar-refractivity contribution >= 4 is 11.8 Å². The average Bonchev–Trinajstić information content (AvgIpc) is 2.80. The molecule has 0 rings (SSSR count). The van der Waals surface area contributed by atoms with Gasteiger partial charge in [0.15, 0.2) is 0 Å². The Labute approximate surface area is 206 Å². The quantitative estimate of drug-likeness (QED) is 0.0787. The van der Waals surface area contributed by atoms with Crippen LogP contribution < -0.4 is 0 Å². The number of ketones is 1. The van der Waals surface area contributed by atoms with Crippen molar-refractivity contribution < 1.29 is 14.7 Å². The van der Waals surface area contributed by atoms with Gasteiger partial charge in [0.1, 0.15) is 11.7 Å². The Balaban J connectivity index is 3.66. The second-order valence-electron chi connectivity index (χ2n) is 9.95. The fourth-order valence-electron chi connectivity index (χ4n) is 4.45. The molecular formula is C30H56O3. The molecule has 0 bridgehead atoms. The lowest BCUT2D eigenvalue weighted by molar-refractivity contribution is -0.146. The van der Waals surface area contributed by atoms with Crippen molar-refractivity contribution in [2.75, 3.05) is 0 Å². The van der Waals surface area contributed by atoms with E-state index in [0.717, 1.165) is 44.9 Å². The van der Waals surface area contributed by atoms with E-state index < -0.39 is 11.9 Å². The summed E-state index contributed by atoms with van der Waals surface area (Å²) in [5.74, 6) is -1.76. The molecule has 3 nitrogen and oxygen atoms in total. The van der Waals surface area contributed by atoms with Gasteiger partial charge in [-0.25, -0.2) is 0 Å². The summed E-state index contributed by atoms with van der Waals surface area (Å²) in [4.78, 5) is 23.9. The van der Waals surface area contributed by atoms with Crippen LogP contribution in [0.2, 0.25) is 0 Å². The van der Waals surface area contributed by atoms with Gasteiger partial charge in [-0.05, 0) is 38.5 Å². The maximum atomic E-state index is 12.4. The molecular weight excluding hydrogens is 408 g/mol. The maximum Gasteiger partial charge on any atom is 0.314 e. The smallest absolute Gasteiger partial charge is 0.314 e. The highest BCUT2D eigenvalue weighted by molar-refractivity contribution is 5.98. The summed E-state index contributed by atoms with van der Waals surface area (Å²) < 4.78 is 0. The van der Waals surface area contributed by atoms with Crippen molar-refractivity contribution in [2.45, 2.75) is 162 Å². The average molecular weight is 465 g/mol. The van der Waals surface area contributed by atoms with Gasteiger partial charge >= 0.3 is 5.97 Å². The zero-order chi connectivity index (χ0) is 24.4. The van der Waals surface area contributed by atoms with E-state index in [1.807, 2.05) is 0 Å². The largest absolute Gasteiger partial charge is 0.481 e. The molecule has 1 N–H and O–H groups in total. The third kappa shape index (κ3) is 22.4. The van der Waals surface area contributed by atoms with Crippen LogP contribution in [-0.4, -0.2) is 16.9 Å². The molecule has 0 saturated carbocycles. The van der Waals surface area contributed by atoms with Crippen LogP contribution in [0.1, 0.15) is 162 Å². The molecule has 0 amide bonds. The van der Waals surface area contributed by atoms with Gasteiger partial charge < -0.3 is 5.11 Å². The molecule has 0 aliphatic heterocycles. The predicted octanol–water partition coefficient (Wildman–Crippen LogP) is 9.82. The molecule has 1 atom stereocenters. The highest BCUT2D eigenvalue weighted by Gasteiger charge is 2.24. The number of hydrogen-bond acceptors (Lipinski definition) is 2. The monoisotopic (exact) mass is 464 g/mol. The van der Waals surface area contributed by atoms with E-state index in [1.165, 1.54) is 89.9 Å². The summed E-state index contributed by atoms with van der Waals surface area (Å²) in [5.41, 5.74) is 0. The third-order valence-electron chi connectivity index (χ3n) is 6.72. The minimum absolute atomic E-state index is 0.0527. The number of carbonyl (C=O) groups is 2. The van der Waals surface area contributed by atoms with Gasteiger partial charge in [0.2, 0.25) is 0 Å². The SMILES string of the molecule is CCCCCCCC/C=C/CCCCCCC(C(=O)O)C(=O)CCCCCCCCCCC. The van der Waals surface area contributed by atoms with Gasteiger partial charge in [0, 0.05) is 6.42 Å². The topological polar surface area (TPSA) is 54.4 Å². The molecule has 0 fully saturated rings. The molecule has 0 saturated heterocycles. The summed E-state index contributed by atoms with van der Waals surface area (Å²) in [6.07, 6.45) is 31.1. The molecule has 33 heavy (non-hydrogen) atoms. The molecule has 0 radical (unpaired) electrons. The van der Waals surface area contributed by atoms with Crippen LogP contribution in [0.25, 0.3) is 0 Å². The molecule has 3 heteroatoms. The number of unbranched alkanes of at least 4 members (excludes halogenated alkanes) is 18. The van der Waals surface area contributed by atoms with Gasteiger partial charge in [-0.2, -0.15) is 0 Å². The summed E-state index contributed by atoms with van der Waals surface area (Å²) in [6, 6.07) is 0. The Morgan fingerprint density at radius 1 is 0.576 bits per heavy atom. The number of aliphatic carboxylic acids is 1. The van der Waals surface area contributed by atoms with E-state index in [0.29, 0.717) is 12.8 Å². The lowest BCUT2D eigenvalue weighted by Crippen LogP contribution is -2.23. The molecule has 0 aliphatic carbocycles. The fraction of sp³-hybridized carbons (Fsp3) is 0.867. The predicted molar refractivity (Wildman–Crippen MR) is 143 cm³/mol. The van der Waals surface area contributed by atoms with Crippen molar-refractivity contribution in [2.24, 2.45) is 5.92 Å². The zero-order valence-corrected chi connectivity index (χ0v) is 22.3. The van der Waals surface area contributed by atoms with Crippen molar-refractivity contribution in [3.8, 4) is 0 Å². The van der Waals surface area contributed by atoms with Crippen LogP contribution in [0.5, 0.6) is 0 Å². The van der Waals surface area contributed by atoms with E-state index in [-0.39, 0.29) is 5.78 Å². The first-order valence-corrected chi connectivity index (χ1v) is 14.5. The standard InChI is InChI=1S/C30H56O3/c1-3-5-7-9-11-13-14-15-16-17-19-20-22-24-26-28(30(32)33)29(31)27-25-23-21-18-12-10-8-6-4-2/h15-16,28H,3-14,17-27H2,1-2H3,(H,32,33)/b16-15+. The minimum Gasteiger partial charge on any atom is -0.481 e.